The summed E-state index contributed by atoms with van der Waals surface area (Å²) in [4.78, 5) is 46.6. The van der Waals surface area contributed by atoms with E-state index in [1.165, 1.54) is 17.6 Å². The van der Waals surface area contributed by atoms with Crippen molar-refractivity contribution in [3.05, 3.63) is 132 Å². The maximum Gasteiger partial charge on any atom is 0.268 e. The second kappa shape index (κ2) is 10.0. The third-order valence-electron chi connectivity index (χ3n) is 8.55. The van der Waals surface area contributed by atoms with Gasteiger partial charge < -0.3 is 4.57 Å². The topological polar surface area (TPSA) is 93.9 Å². The van der Waals surface area contributed by atoms with Crippen LogP contribution in [0.3, 0.4) is 0 Å². The Kier molecular flexibility index (Phi) is 5.92. The molecule has 0 saturated carbocycles. The number of hydrogen-bond donors (Lipinski definition) is 0. The molecule has 0 saturated heterocycles. The van der Waals surface area contributed by atoms with Gasteiger partial charge in [-0.2, -0.15) is 0 Å². The van der Waals surface area contributed by atoms with Gasteiger partial charge in [-0.05, 0) is 67.3 Å². The number of nitrogens with zero attached hydrogens (tertiary/aromatic N) is 6. The van der Waals surface area contributed by atoms with Crippen LogP contribution in [0.25, 0.3) is 49.7 Å². The van der Waals surface area contributed by atoms with E-state index in [1.54, 1.807) is 30.9 Å². The summed E-state index contributed by atoms with van der Waals surface area (Å²) in [6, 6.07) is 22.0. The largest absolute Gasteiger partial charge is 0.308 e. The van der Waals surface area contributed by atoms with E-state index in [-0.39, 0.29) is 11.8 Å². The summed E-state index contributed by atoms with van der Waals surface area (Å²) in [6.07, 6.45) is 10.1. The molecule has 0 spiro atoms. The van der Waals surface area contributed by atoms with Gasteiger partial charge in [0.25, 0.3) is 11.8 Å². The number of benzene rings is 4. The van der Waals surface area contributed by atoms with Crippen LogP contribution in [0, 0.1) is 20.8 Å². The minimum Gasteiger partial charge on any atom is -0.308 e. The first-order valence-electron chi connectivity index (χ1n) is 14.6. The van der Waals surface area contributed by atoms with E-state index in [2.05, 4.69) is 60.9 Å². The van der Waals surface area contributed by atoms with Crippen molar-refractivity contribution in [2.45, 2.75) is 20.8 Å². The molecule has 4 heterocycles. The van der Waals surface area contributed by atoms with Gasteiger partial charge in [-0.25, -0.2) is 24.8 Å². The van der Waals surface area contributed by atoms with Crippen molar-refractivity contribution in [3.8, 4) is 27.9 Å². The zero-order chi connectivity index (χ0) is 30.8. The first-order chi connectivity index (χ1) is 21.9. The van der Waals surface area contributed by atoms with Crippen LogP contribution in [0.1, 0.15) is 37.4 Å². The summed E-state index contributed by atoms with van der Waals surface area (Å²) in [6.45, 7) is 5.89. The zero-order valence-corrected chi connectivity index (χ0v) is 24.8. The van der Waals surface area contributed by atoms with Crippen LogP contribution in [0.2, 0.25) is 0 Å². The molecule has 1 aliphatic heterocycles. The quantitative estimate of drug-likeness (QED) is 0.199. The monoisotopic (exact) mass is 586 g/mol. The molecule has 0 bridgehead atoms. The van der Waals surface area contributed by atoms with Crippen molar-refractivity contribution in [2.24, 2.45) is 0 Å². The van der Waals surface area contributed by atoms with Crippen molar-refractivity contribution in [1.82, 2.24) is 24.5 Å². The predicted molar refractivity (Wildman–Crippen MR) is 175 cm³/mol. The smallest absolute Gasteiger partial charge is 0.268 e. The van der Waals surface area contributed by atoms with Gasteiger partial charge in [-0.3, -0.25) is 9.59 Å². The lowest BCUT2D eigenvalue weighted by Crippen LogP contribution is -2.31. The highest BCUT2D eigenvalue weighted by molar-refractivity contribution is 6.36. The summed E-state index contributed by atoms with van der Waals surface area (Å²) < 4.78 is 2.09. The molecule has 2 amide bonds. The molecule has 0 radical (unpaired) electrons. The van der Waals surface area contributed by atoms with Crippen LogP contribution in [0.15, 0.2) is 104 Å². The van der Waals surface area contributed by atoms with Crippen LogP contribution < -0.4 is 4.90 Å². The van der Waals surface area contributed by atoms with E-state index in [0.717, 1.165) is 60.8 Å². The molecule has 0 fully saturated rings. The van der Waals surface area contributed by atoms with Crippen LogP contribution >= 0.6 is 0 Å². The average molecular weight is 587 g/mol. The number of fused-ring (bicyclic) bond motifs is 4. The number of imide groups is 1. The summed E-state index contributed by atoms with van der Waals surface area (Å²) in [5.41, 5.74) is 10.3. The van der Waals surface area contributed by atoms with Crippen molar-refractivity contribution in [2.75, 3.05) is 4.90 Å². The summed E-state index contributed by atoms with van der Waals surface area (Å²) in [5, 5.41) is 2.02. The van der Waals surface area contributed by atoms with E-state index in [9.17, 15) is 9.59 Å². The average Bonchev–Trinajstić information content (AvgIpc) is 3.51. The Morgan fingerprint density at radius 2 is 1.11 bits per heavy atom. The van der Waals surface area contributed by atoms with Crippen molar-refractivity contribution < 1.29 is 9.59 Å². The molecule has 0 unspecified atom stereocenters. The molecule has 8 rings (SSSR count). The van der Waals surface area contributed by atoms with Gasteiger partial charge >= 0.3 is 0 Å². The number of aromatic nitrogens is 5. The lowest BCUT2D eigenvalue weighted by atomic mass is 10.0. The molecular formula is C37H26N6O2. The molecular weight excluding hydrogens is 560 g/mol. The number of carbonyl (C=O) groups is 2. The number of hydrogen-bond acceptors (Lipinski definition) is 6. The van der Waals surface area contributed by atoms with Gasteiger partial charge in [0.05, 0.1) is 33.5 Å². The minimum atomic E-state index is -0.337. The molecule has 8 nitrogen and oxygen atoms in total. The maximum atomic E-state index is 14.4. The second-order valence-electron chi connectivity index (χ2n) is 11.4. The van der Waals surface area contributed by atoms with Crippen LogP contribution in [0.5, 0.6) is 0 Å². The van der Waals surface area contributed by atoms with E-state index in [4.69, 9.17) is 0 Å². The Hall–Kier alpha value is -6.02. The molecule has 8 heteroatoms. The van der Waals surface area contributed by atoms with Gasteiger partial charge in [-0.15, -0.1) is 0 Å². The SMILES string of the molecule is Cc1cc(C)c(N2C(=O)c3cccc(-n4c5cc(-c6cncnc6)ccc5c5ccc(-c6cncnc6)cc54)c3C2=O)c(C)c1. The van der Waals surface area contributed by atoms with Crippen molar-refractivity contribution in [3.63, 3.8) is 0 Å². The zero-order valence-electron chi connectivity index (χ0n) is 24.8. The molecule has 0 atom stereocenters. The van der Waals surface area contributed by atoms with E-state index >= 15 is 0 Å². The number of carbonyl (C=O) groups excluding carboxylic acids is 2. The minimum absolute atomic E-state index is 0.322. The van der Waals surface area contributed by atoms with E-state index in [1.807, 2.05) is 45.0 Å². The van der Waals surface area contributed by atoms with Crippen LogP contribution in [0.4, 0.5) is 5.69 Å². The van der Waals surface area contributed by atoms with E-state index < -0.39 is 0 Å². The lowest BCUT2D eigenvalue weighted by molar-refractivity contribution is 0.0925. The Balaban J connectivity index is 1.42. The standard InChI is InChI=1S/C37H26N6O2/c1-21-11-22(2)35(23(3)12-21)43-36(44)30-5-4-6-31(34(30)37(43)45)42-32-13-24(26-15-38-19-39-16-26)7-9-28(32)29-10-8-25(14-33(29)42)27-17-40-20-41-18-27/h4-20H,1-3H3. The molecule has 1 aliphatic rings. The molecule has 45 heavy (non-hydrogen) atoms. The highest BCUT2D eigenvalue weighted by Crippen LogP contribution is 2.41. The van der Waals surface area contributed by atoms with Gasteiger partial charge in [-0.1, -0.05) is 48.0 Å². The first kappa shape index (κ1) is 26.6. The molecule has 216 valence electrons. The van der Waals surface area contributed by atoms with Crippen LogP contribution in [-0.2, 0) is 0 Å². The molecule has 3 aromatic heterocycles. The highest BCUT2D eigenvalue weighted by Gasteiger charge is 2.40. The third-order valence-corrected chi connectivity index (χ3v) is 8.55. The Morgan fingerprint density at radius 1 is 0.578 bits per heavy atom. The summed E-state index contributed by atoms with van der Waals surface area (Å²) >= 11 is 0. The van der Waals surface area contributed by atoms with Crippen molar-refractivity contribution >= 4 is 39.3 Å². The molecule has 0 aliphatic carbocycles. The summed E-state index contributed by atoms with van der Waals surface area (Å²) in [7, 11) is 0. The fourth-order valence-corrected chi connectivity index (χ4v) is 6.72. The number of rotatable bonds is 4. The predicted octanol–water partition coefficient (Wildman–Crippen LogP) is 7.42. The van der Waals surface area contributed by atoms with Gasteiger partial charge in [0.2, 0.25) is 0 Å². The molecule has 7 aromatic rings. The van der Waals surface area contributed by atoms with Crippen molar-refractivity contribution in [1.29, 1.82) is 0 Å². The highest BCUT2D eigenvalue weighted by atomic mass is 16.2. The maximum absolute atomic E-state index is 14.4. The number of aryl methyl sites for hydroxylation is 3. The number of anilines is 1. The Morgan fingerprint density at radius 3 is 1.64 bits per heavy atom. The normalized spacial score (nSPS) is 12.8. The van der Waals surface area contributed by atoms with Crippen LogP contribution in [-0.4, -0.2) is 36.3 Å². The van der Waals surface area contributed by atoms with Gasteiger partial charge in [0.1, 0.15) is 12.7 Å². The lowest BCUT2D eigenvalue weighted by Gasteiger charge is -2.20. The summed E-state index contributed by atoms with van der Waals surface area (Å²) in [5.74, 6) is -0.659. The molecule has 0 N–H and O–H groups in total. The van der Waals surface area contributed by atoms with Gasteiger partial charge in [0, 0.05) is 46.7 Å². The van der Waals surface area contributed by atoms with E-state index in [0.29, 0.717) is 22.5 Å². The Labute approximate surface area is 258 Å². The van der Waals surface area contributed by atoms with Gasteiger partial charge in [0.15, 0.2) is 0 Å². The first-order valence-corrected chi connectivity index (χ1v) is 14.6. The third kappa shape index (κ3) is 4.06. The number of amides is 2. The second-order valence-corrected chi connectivity index (χ2v) is 11.4. The molecule has 4 aromatic carbocycles. The Bertz CT molecular complexity index is 2230. The fraction of sp³-hybridized carbons (Fsp3) is 0.0811. The fourth-order valence-electron chi connectivity index (χ4n) is 6.72.